The Kier molecular flexibility index (Phi) is 3.75. The van der Waals surface area contributed by atoms with Crippen LogP contribution in [0.25, 0.3) is 0 Å². The van der Waals surface area contributed by atoms with Crippen LogP contribution in [-0.4, -0.2) is 48.7 Å². The number of aromatic amines is 2. The topological polar surface area (TPSA) is 119 Å². The van der Waals surface area contributed by atoms with Gasteiger partial charge in [0.15, 0.2) is 5.78 Å². The van der Waals surface area contributed by atoms with Gasteiger partial charge in [-0.05, 0) is 19.4 Å². The predicted molar refractivity (Wildman–Crippen MR) is 83.9 cm³/mol. The molecule has 0 unspecified atom stereocenters. The molecular formula is C16H18N4O4. The Morgan fingerprint density at radius 2 is 2.04 bits per heavy atom. The van der Waals surface area contributed by atoms with E-state index in [4.69, 9.17) is 0 Å². The van der Waals surface area contributed by atoms with Crippen LogP contribution in [-0.2, 0) is 17.8 Å². The molecule has 0 saturated carbocycles. The number of carboxylic acids is 1. The van der Waals surface area contributed by atoms with E-state index in [2.05, 4.69) is 15.0 Å². The number of carbonyl (C=O) groups excluding carboxylic acids is 2. The Morgan fingerprint density at radius 1 is 1.33 bits per heavy atom. The zero-order chi connectivity index (χ0) is 17.6. The van der Waals surface area contributed by atoms with Crippen molar-refractivity contribution in [2.24, 2.45) is 0 Å². The van der Waals surface area contributed by atoms with E-state index in [9.17, 15) is 19.5 Å². The third kappa shape index (κ3) is 2.40. The molecular weight excluding hydrogens is 312 g/mol. The normalized spacial score (nSPS) is 16.8. The van der Waals surface area contributed by atoms with Crippen LogP contribution in [0, 0.1) is 13.8 Å². The number of carboxylic acid groups (broad SMARTS) is 1. The van der Waals surface area contributed by atoms with Crippen molar-refractivity contribution in [1.29, 1.82) is 0 Å². The summed E-state index contributed by atoms with van der Waals surface area (Å²) in [7, 11) is 0. The average molecular weight is 330 g/mol. The molecule has 0 aliphatic carbocycles. The number of fused-ring (bicyclic) bond motifs is 1. The highest BCUT2D eigenvalue weighted by atomic mass is 16.4. The minimum absolute atomic E-state index is 0.143. The monoisotopic (exact) mass is 330 g/mol. The summed E-state index contributed by atoms with van der Waals surface area (Å²) in [4.78, 5) is 47.6. The second-order valence-corrected chi connectivity index (χ2v) is 6.00. The van der Waals surface area contributed by atoms with Gasteiger partial charge in [0.25, 0.3) is 5.91 Å². The quantitative estimate of drug-likeness (QED) is 0.731. The Bertz CT molecular complexity index is 848. The summed E-state index contributed by atoms with van der Waals surface area (Å²) < 4.78 is 0. The van der Waals surface area contributed by atoms with E-state index >= 15 is 0 Å². The minimum atomic E-state index is -1.07. The van der Waals surface area contributed by atoms with Crippen LogP contribution in [0.4, 0.5) is 0 Å². The third-order valence-electron chi connectivity index (χ3n) is 4.45. The lowest BCUT2D eigenvalue weighted by atomic mass is 10.00. The van der Waals surface area contributed by atoms with Crippen molar-refractivity contribution >= 4 is 17.7 Å². The molecule has 2 aromatic rings. The van der Waals surface area contributed by atoms with Gasteiger partial charge in [0.05, 0.1) is 35.5 Å². The summed E-state index contributed by atoms with van der Waals surface area (Å²) >= 11 is 0. The molecule has 1 aliphatic heterocycles. The van der Waals surface area contributed by atoms with E-state index < -0.39 is 17.9 Å². The van der Waals surface area contributed by atoms with Gasteiger partial charge in [0.1, 0.15) is 6.04 Å². The second-order valence-electron chi connectivity index (χ2n) is 6.00. The lowest BCUT2D eigenvalue weighted by Crippen LogP contribution is -2.49. The maximum Gasteiger partial charge on any atom is 0.326 e. The molecule has 24 heavy (non-hydrogen) atoms. The minimum Gasteiger partial charge on any atom is -0.480 e. The first-order valence-electron chi connectivity index (χ1n) is 7.56. The first-order chi connectivity index (χ1) is 11.3. The van der Waals surface area contributed by atoms with Gasteiger partial charge < -0.3 is 20.0 Å². The number of nitrogens with zero attached hydrogens (tertiary/aromatic N) is 2. The van der Waals surface area contributed by atoms with Gasteiger partial charge in [0, 0.05) is 19.0 Å². The van der Waals surface area contributed by atoms with E-state index in [0.717, 1.165) is 5.69 Å². The number of ketones is 1. The van der Waals surface area contributed by atoms with Crippen LogP contribution in [0.5, 0.6) is 0 Å². The highest BCUT2D eigenvalue weighted by molar-refractivity contribution is 6.03. The van der Waals surface area contributed by atoms with Crippen LogP contribution in [0.3, 0.4) is 0 Å². The van der Waals surface area contributed by atoms with Crippen molar-refractivity contribution < 1.29 is 19.5 Å². The summed E-state index contributed by atoms with van der Waals surface area (Å²) in [6, 6.07) is -0.984. The number of hydrogen-bond acceptors (Lipinski definition) is 4. The predicted octanol–water partition coefficient (Wildman–Crippen LogP) is 1.21. The number of aromatic nitrogens is 3. The SMILES string of the molecule is CC(=O)c1[nH]c(C)c(C(=O)N2Cc3[nH]cnc3C[C@H]2C(=O)O)c1C. The molecule has 3 N–H and O–H groups in total. The van der Waals surface area contributed by atoms with Crippen molar-refractivity contribution in [2.75, 3.05) is 0 Å². The Morgan fingerprint density at radius 3 is 2.62 bits per heavy atom. The maximum absolute atomic E-state index is 13.0. The van der Waals surface area contributed by atoms with Crippen LogP contribution in [0.15, 0.2) is 6.33 Å². The molecule has 8 nitrogen and oxygen atoms in total. The summed E-state index contributed by atoms with van der Waals surface area (Å²) in [5.41, 5.74) is 3.24. The number of Topliss-reactive ketones (excluding diaryl/α,β-unsaturated/α-hetero) is 1. The third-order valence-corrected chi connectivity index (χ3v) is 4.45. The molecule has 1 aliphatic rings. The van der Waals surface area contributed by atoms with Crippen LogP contribution in [0.1, 0.15) is 50.4 Å². The number of nitrogens with one attached hydrogen (secondary N) is 2. The van der Waals surface area contributed by atoms with Crippen molar-refractivity contribution in [3.05, 3.63) is 40.2 Å². The van der Waals surface area contributed by atoms with Crippen molar-refractivity contribution in [2.45, 2.75) is 39.8 Å². The highest BCUT2D eigenvalue weighted by Gasteiger charge is 2.38. The number of hydrogen-bond donors (Lipinski definition) is 3. The molecule has 1 atom stereocenters. The number of imidazole rings is 1. The Balaban J connectivity index is 2.03. The van der Waals surface area contributed by atoms with Crippen LogP contribution in [0.2, 0.25) is 0 Å². The van der Waals surface area contributed by atoms with Crippen molar-refractivity contribution in [3.63, 3.8) is 0 Å². The molecule has 0 radical (unpaired) electrons. The number of H-pyrrole nitrogens is 2. The van der Waals surface area contributed by atoms with E-state index in [0.29, 0.717) is 28.2 Å². The van der Waals surface area contributed by atoms with Gasteiger partial charge in [-0.2, -0.15) is 0 Å². The van der Waals surface area contributed by atoms with Gasteiger partial charge in [-0.1, -0.05) is 0 Å². The summed E-state index contributed by atoms with van der Waals surface area (Å²) in [5, 5.41) is 9.51. The Labute approximate surface area is 137 Å². The summed E-state index contributed by atoms with van der Waals surface area (Å²) in [6.07, 6.45) is 1.65. The fourth-order valence-corrected chi connectivity index (χ4v) is 3.24. The largest absolute Gasteiger partial charge is 0.480 e. The fourth-order valence-electron chi connectivity index (χ4n) is 3.24. The first kappa shape index (κ1) is 16.0. The number of amides is 1. The molecule has 2 aromatic heterocycles. The Hall–Kier alpha value is -2.90. The van der Waals surface area contributed by atoms with Gasteiger partial charge in [-0.15, -0.1) is 0 Å². The molecule has 1 amide bonds. The lowest BCUT2D eigenvalue weighted by Gasteiger charge is -2.32. The maximum atomic E-state index is 13.0. The van der Waals surface area contributed by atoms with Gasteiger partial charge in [-0.25, -0.2) is 9.78 Å². The number of aliphatic carboxylic acids is 1. The molecule has 0 fully saturated rings. The fraction of sp³-hybridized carbons (Fsp3) is 0.375. The summed E-state index contributed by atoms with van der Waals surface area (Å²) in [6.45, 7) is 4.96. The van der Waals surface area contributed by atoms with Gasteiger partial charge >= 0.3 is 5.97 Å². The average Bonchev–Trinajstić information content (AvgIpc) is 3.09. The number of rotatable bonds is 3. The van der Waals surface area contributed by atoms with E-state index in [1.807, 2.05) is 0 Å². The summed E-state index contributed by atoms with van der Waals surface area (Å²) in [5.74, 6) is -1.64. The molecule has 0 bridgehead atoms. The van der Waals surface area contributed by atoms with E-state index in [1.54, 1.807) is 13.8 Å². The number of aryl methyl sites for hydroxylation is 1. The standard InChI is InChI=1S/C16H18N4O4/c1-7-13(8(2)19-14(7)9(3)21)15(22)20-5-11-10(17-6-18-11)4-12(20)16(23)24/h6,12,19H,4-5H2,1-3H3,(H,17,18)(H,23,24)/t12-/m0/s1. The molecule has 0 aromatic carbocycles. The van der Waals surface area contributed by atoms with Gasteiger partial charge in [0.2, 0.25) is 0 Å². The molecule has 126 valence electrons. The smallest absolute Gasteiger partial charge is 0.326 e. The zero-order valence-corrected chi connectivity index (χ0v) is 13.6. The van der Waals surface area contributed by atoms with Crippen LogP contribution >= 0.6 is 0 Å². The number of carbonyl (C=O) groups is 3. The van der Waals surface area contributed by atoms with E-state index in [-0.39, 0.29) is 18.7 Å². The first-order valence-corrected chi connectivity index (χ1v) is 7.56. The van der Waals surface area contributed by atoms with Gasteiger partial charge in [-0.3, -0.25) is 9.59 Å². The van der Waals surface area contributed by atoms with Crippen LogP contribution < -0.4 is 0 Å². The van der Waals surface area contributed by atoms with Crippen molar-refractivity contribution in [3.8, 4) is 0 Å². The van der Waals surface area contributed by atoms with Crippen molar-refractivity contribution in [1.82, 2.24) is 19.9 Å². The lowest BCUT2D eigenvalue weighted by molar-refractivity contribution is -0.142. The van der Waals surface area contributed by atoms with E-state index in [1.165, 1.54) is 18.2 Å². The molecule has 3 heterocycles. The second kappa shape index (κ2) is 5.63. The molecule has 3 rings (SSSR count). The molecule has 8 heteroatoms. The highest BCUT2D eigenvalue weighted by Crippen LogP contribution is 2.26. The molecule has 0 saturated heterocycles. The zero-order valence-electron chi connectivity index (χ0n) is 13.6. The molecule has 0 spiro atoms.